The Morgan fingerprint density at radius 3 is 2.56 bits per heavy atom. The number of nitrogens with zero attached hydrogens (tertiary/aromatic N) is 1. The highest BCUT2D eigenvalue weighted by Crippen LogP contribution is 2.35. The van der Waals surface area contributed by atoms with Crippen LogP contribution in [0, 0.1) is 12.3 Å². The molecular formula is C26H32N4O2. The van der Waals surface area contributed by atoms with Gasteiger partial charge in [-0.05, 0) is 62.1 Å². The topological polar surface area (TPSA) is 71.3 Å². The lowest BCUT2D eigenvalue weighted by Gasteiger charge is -2.25. The minimum absolute atomic E-state index is 0.247. The summed E-state index contributed by atoms with van der Waals surface area (Å²) < 4.78 is 13.2. The molecule has 1 aromatic heterocycles. The van der Waals surface area contributed by atoms with Crippen molar-refractivity contribution in [3.63, 3.8) is 0 Å². The van der Waals surface area contributed by atoms with E-state index in [1.165, 1.54) is 5.56 Å². The van der Waals surface area contributed by atoms with E-state index in [-0.39, 0.29) is 6.04 Å². The molecule has 6 heteroatoms. The van der Waals surface area contributed by atoms with Crippen LogP contribution in [0.25, 0.3) is 16.8 Å². The third-order valence-electron chi connectivity index (χ3n) is 5.82. The van der Waals surface area contributed by atoms with Crippen LogP contribution in [0.5, 0.6) is 5.75 Å². The van der Waals surface area contributed by atoms with Crippen molar-refractivity contribution in [3.05, 3.63) is 65.9 Å². The maximum Gasteiger partial charge on any atom is 0.130 e. The van der Waals surface area contributed by atoms with Gasteiger partial charge in [0, 0.05) is 43.8 Å². The molecule has 1 fully saturated rings. The van der Waals surface area contributed by atoms with Gasteiger partial charge in [0.25, 0.3) is 0 Å². The van der Waals surface area contributed by atoms with Gasteiger partial charge in [-0.15, -0.1) is 0 Å². The van der Waals surface area contributed by atoms with Gasteiger partial charge in [0.2, 0.25) is 0 Å². The van der Waals surface area contributed by atoms with Crippen LogP contribution in [0.3, 0.4) is 0 Å². The third-order valence-corrected chi connectivity index (χ3v) is 5.82. The number of anilines is 1. The Labute approximate surface area is 190 Å². The van der Waals surface area contributed by atoms with Gasteiger partial charge in [0.1, 0.15) is 17.4 Å². The van der Waals surface area contributed by atoms with Gasteiger partial charge in [-0.3, -0.25) is 5.41 Å². The molecule has 1 saturated heterocycles. The van der Waals surface area contributed by atoms with E-state index in [4.69, 9.17) is 14.9 Å². The molecular weight excluding hydrogens is 400 g/mol. The summed E-state index contributed by atoms with van der Waals surface area (Å²) in [6.07, 6.45) is 3.94. The summed E-state index contributed by atoms with van der Waals surface area (Å²) in [6.45, 7) is 6.18. The SMILES string of the molecule is CCOc1ccc(-c2cn(-c3cccc(C)c3)c(NC)c2C(=N)NC2CCOCC2)cc1. The van der Waals surface area contributed by atoms with Crippen LogP contribution in [0.2, 0.25) is 0 Å². The predicted octanol–water partition coefficient (Wildman–Crippen LogP) is 4.99. The number of ether oxygens (including phenoxy) is 2. The van der Waals surface area contributed by atoms with E-state index < -0.39 is 0 Å². The fourth-order valence-corrected chi connectivity index (χ4v) is 4.22. The second-order valence-electron chi connectivity index (χ2n) is 8.09. The van der Waals surface area contributed by atoms with E-state index in [1.807, 2.05) is 26.1 Å². The van der Waals surface area contributed by atoms with Crippen molar-refractivity contribution in [2.24, 2.45) is 0 Å². The molecule has 1 aliphatic rings. The summed E-state index contributed by atoms with van der Waals surface area (Å²) in [5.41, 5.74) is 5.17. The van der Waals surface area contributed by atoms with Crippen molar-refractivity contribution < 1.29 is 9.47 Å². The number of benzene rings is 2. The minimum Gasteiger partial charge on any atom is -0.494 e. The smallest absolute Gasteiger partial charge is 0.130 e. The number of hydrogen-bond donors (Lipinski definition) is 3. The van der Waals surface area contributed by atoms with Gasteiger partial charge in [0.15, 0.2) is 0 Å². The number of nitrogens with one attached hydrogen (secondary N) is 3. The maximum absolute atomic E-state index is 9.00. The zero-order valence-corrected chi connectivity index (χ0v) is 19.1. The first-order valence-electron chi connectivity index (χ1n) is 11.3. The highest BCUT2D eigenvalue weighted by molar-refractivity contribution is 6.07. The van der Waals surface area contributed by atoms with E-state index in [1.54, 1.807) is 0 Å². The summed E-state index contributed by atoms with van der Waals surface area (Å²) in [7, 11) is 1.91. The standard InChI is InChI=1S/C26H32N4O2/c1-4-32-22-10-8-19(9-11-22)23-17-30(21-7-5-6-18(2)16-21)26(28-3)24(23)25(27)29-20-12-14-31-15-13-20/h5-11,16-17,20,28H,4,12-15H2,1-3H3,(H2,27,29). The average Bonchev–Trinajstić information content (AvgIpc) is 3.20. The van der Waals surface area contributed by atoms with E-state index >= 15 is 0 Å². The summed E-state index contributed by atoms with van der Waals surface area (Å²) >= 11 is 0. The molecule has 0 radical (unpaired) electrons. The van der Waals surface area contributed by atoms with Crippen LogP contribution in [-0.2, 0) is 4.74 Å². The molecule has 0 saturated carbocycles. The first-order chi connectivity index (χ1) is 15.6. The van der Waals surface area contributed by atoms with E-state index in [9.17, 15) is 0 Å². The van der Waals surface area contributed by atoms with Crippen LogP contribution in [0.4, 0.5) is 5.82 Å². The van der Waals surface area contributed by atoms with Gasteiger partial charge in [-0.1, -0.05) is 24.3 Å². The third kappa shape index (κ3) is 4.65. The molecule has 6 nitrogen and oxygen atoms in total. The number of rotatable bonds is 7. The van der Waals surface area contributed by atoms with E-state index in [0.29, 0.717) is 12.4 Å². The van der Waals surface area contributed by atoms with Crippen molar-refractivity contribution >= 4 is 11.7 Å². The first kappa shape index (κ1) is 22.0. The molecule has 0 unspecified atom stereocenters. The number of aryl methyl sites for hydroxylation is 1. The van der Waals surface area contributed by atoms with Gasteiger partial charge in [-0.2, -0.15) is 0 Å². The first-order valence-corrected chi connectivity index (χ1v) is 11.3. The molecule has 0 aliphatic carbocycles. The number of aromatic nitrogens is 1. The van der Waals surface area contributed by atoms with E-state index in [2.05, 4.69) is 64.7 Å². The van der Waals surface area contributed by atoms with Gasteiger partial charge < -0.3 is 24.7 Å². The quantitative estimate of drug-likeness (QED) is 0.363. The Morgan fingerprint density at radius 1 is 1.16 bits per heavy atom. The Morgan fingerprint density at radius 2 is 1.91 bits per heavy atom. The lowest BCUT2D eigenvalue weighted by molar-refractivity contribution is 0.0824. The summed E-state index contributed by atoms with van der Waals surface area (Å²) in [5, 5.41) is 15.8. The van der Waals surface area contributed by atoms with Crippen LogP contribution >= 0.6 is 0 Å². The van der Waals surface area contributed by atoms with Crippen LogP contribution in [0.15, 0.2) is 54.7 Å². The van der Waals surface area contributed by atoms with Crippen molar-refractivity contribution in [2.75, 3.05) is 32.2 Å². The molecule has 3 aromatic rings. The zero-order chi connectivity index (χ0) is 22.5. The molecule has 32 heavy (non-hydrogen) atoms. The lowest BCUT2D eigenvalue weighted by Crippen LogP contribution is -2.39. The highest BCUT2D eigenvalue weighted by Gasteiger charge is 2.24. The van der Waals surface area contributed by atoms with Crippen molar-refractivity contribution in [2.45, 2.75) is 32.7 Å². The van der Waals surface area contributed by atoms with Crippen molar-refractivity contribution in [3.8, 4) is 22.6 Å². The number of amidine groups is 1. The van der Waals surface area contributed by atoms with Crippen LogP contribution in [0.1, 0.15) is 30.9 Å². The maximum atomic E-state index is 9.00. The molecule has 2 aromatic carbocycles. The fraction of sp³-hybridized carbons (Fsp3) is 0.346. The molecule has 168 valence electrons. The normalized spacial score (nSPS) is 14.2. The second kappa shape index (κ2) is 9.92. The minimum atomic E-state index is 0.247. The number of hydrogen-bond acceptors (Lipinski definition) is 4. The molecule has 1 aliphatic heterocycles. The largest absolute Gasteiger partial charge is 0.494 e. The fourth-order valence-electron chi connectivity index (χ4n) is 4.22. The average molecular weight is 433 g/mol. The second-order valence-corrected chi connectivity index (χ2v) is 8.09. The molecule has 0 amide bonds. The molecule has 0 bridgehead atoms. The van der Waals surface area contributed by atoms with E-state index in [0.717, 1.165) is 60.0 Å². The zero-order valence-electron chi connectivity index (χ0n) is 19.1. The van der Waals surface area contributed by atoms with Gasteiger partial charge in [0.05, 0.1) is 12.2 Å². The summed E-state index contributed by atoms with van der Waals surface area (Å²) in [5.74, 6) is 2.17. The molecule has 2 heterocycles. The lowest BCUT2D eigenvalue weighted by atomic mass is 10.0. The summed E-state index contributed by atoms with van der Waals surface area (Å²) in [6, 6.07) is 16.7. The Balaban J connectivity index is 1.79. The highest BCUT2D eigenvalue weighted by atomic mass is 16.5. The van der Waals surface area contributed by atoms with Crippen LogP contribution < -0.4 is 15.4 Å². The molecule has 3 N–H and O–H groups in total. The van der Waals surface area contributed by atoms with Crippen molar-refractivity contribution in [1.29, 1.82) is 5.41 Å². The van der Waals surface area contributed by atoms with Gasteiger partial charge in [-0.25, -0.2) is 0 Å². The predicted molar refractivity (Wildman–Crippen MR) is 130 cm³/mol. The Bertz CT molecular complexity index is 1070. The molecule has 0 spiro atoms. The molecule has 0 atom stereocenters. The van der Waals surface area contributed by atoms with Gasteiger partial charge >= 0.3 is 0 Å². The van der Waals surface area contributed by atoms with Crippen molar-refractivity contribution in [1.82, 2.24) is 9.88 Å². The Hall–Kier alpha value is -3.25. The monoisotopic (exact) mass is 432 g/mol. The molecule has 4 rings (SSSR count). The Kier molecular flexibility index (Phi) is 6.81. The summed E-state index contributed by atoms with van der Waals surface area (Å²) in [4.78, 5) is 0. The van der Waals surface area contributed by atoms with Crippen LogP contribution in [-0.4, -0.2) is 43.3 Å².